The van der Waals surface area contributed by atoms with E-state index >= 15 is 0 Å². The summed E-state index contributed by atoms with van der Waals surface area (Å²) in [7, 11) is 1.64. The molecule has 0 heterocycles. The first-order chi connectivity index (χ1) is 8.11. The maximum absolute atomic E-state index is 9.80. The molecule has 1 fully saturated rings. The number of hydrogen-bond donors (Lipinski definition) is 2. The number of ether oxygens (including phenoxy) is 1. The third-order valence-electron chi connectivity index (χ3n) is 3.06. The molecule has 94 valence electrons. The molecule has 1 saturated carbocycles. The zero-order valence-electron chi connectivity index (χ0n) is 9.54. The molecule has 5 heteroatoms. The number of rotatable bonds is 3. The summed E-state index contributed by atoms with van der Waals surface area (Å²) in [6, 6.07) is 4.01. The number of benzene rings is 1. The van der Waals surface area contributed by atoms with Gasteiger partial charge in [-0.2, -0.15) is 0 Å². The van der Waals surface area contributed by atoms with Crippen molar-refractivity contribution >= 4 is 37.5 Å². The van der Waals surface area contributed by atoms with Crippen LogP contribution in [0.4, 0.5) is 5.69 Å². The summed E-state index contributed by atoms with van der Waals surface area (Å²) in [5.41, 5.74) is 0.955. The maximum Gasteiger partial charge on any atom is 0.135 e. The van der Waals surface area contributed by atoms with Crippen molar-refractivity contribution < 1.29 is 9.84 Å². The Morgan fingerprint density at radius 1 is 1.29 bits per heavy atom. The number of aliphatic hydroxyl groups is 1. The van der Waals surface area contributed by atoms with E-state index in [9.17, 15) is 5.11 Å². The van der Waals surface area contributed by atoms with Gasteiger partial charge in [-0.25, -0.2) is 0 Å². The Bertz CT molecular complexity index is 412. The van der Waals surface area contributed by atoms with Crippen LogP contribution in [0.15, 0.2) is 21.1 Å². The van der Waals surface area contributed by atoms with Crippen molar-refractivity contribution in [3.05, 3.63) is 21.1 Å². The highest BCUT2D eigenvalue weighted by Gasteiger charge is 2.25. The Balaban J connectivity index is 2.20. The summed E-state index contributed by atoms with van der Waals surface area (Å²) in [6.45, 7) is 0. The predicted molar refractivity (Wildman–Crippen MR) is 75.7 cm³/mol. The lowest BCUT2D eigenvalue weighted by atomic mass is 10.2. The zero-order valence-corrected chi connectivity index (χ0v) is 12.7. The average Bonchev–Trinajstić information content (AvgIpc) is 2.68. The van der Waals surface area contributed by atoms with Gasteiger partial charge >= 0.3 is 0 Å². The molecule has 2 rings (SSSR count). The van der Waals surface area contributed by atoms with E-state index in [2.05, 4.69) is 37.2 Å². The molecule has 0 saturated heterocycles. The molecule has 0 aromatic heterocycles. The molecule has 0 radical (unpaired) electrons. The zero-order chi connectivity index (χ0) is 12.4. The molecule has 0 unspecified atom stereocenters. The van der Waals surface area contributed by atoms with Crippen LogP contribution >= 0.6 is 31.9 Å². The first kappa shape index (κ1) is 13.2. The van der Waals surface area contributed by atoms with Crippen molar-refractivity contribution in [1.29, 1.82) is 0 Å². The van der Waals surface area contributed by atoms with Gasteiger partial charge < -0.3 is 15.2 Å². The van der Waals surface area contributed by atoms with Gasteiger partial charge in [0, 0.05) is 10.5 Å². The fourth-order valence-corrected chi connectivity index (χ4v) is 3.38. The minimum atomic E-state index is -0.253. The van der Waals surface area contributed by atoms with Crippen LogP contribution in [0.5, 0.6) is 5.75 Å². The van der Waals surface area contributed by atoms with Gasteiger partial charge in [0.05, 0.1) is 29.4 Å². The van der Waals surface area contributed by atoms with Crippen LogP contribution in [0.25, 0.3) is 0 Å². The van der Waals surface area contributed by atoms with Crippen LogP contribution in [-0.2, 0) is 0 Å². The molecule has 1 aliphatic rings. The van der Waals surface area contributed by atoms with Crippen LogP contribution in [0.3, 0.4) is 0 Å². The summed E-state index contributed by atoms with van der Waals surface area (Å²) in [5, 5.41) is 13.2. The monoisotopic (exact) mass is 363 g/mol. The maximum atomic E-state index is 9.80. The van der Waals surface area contributed by atoms with Crippen molar-refractivity contribution in [1.82, 2.24) is 0 Å². The molecule has 1 aliphatic carbocycles. The van der Waals surface area contributed by atoms with Gasteiger partial charge in [-0.05, 0) is 57.2 Å². The van der Waals surface area contributed by atoms with Gasteiger partial charge in [0.15, 0.2) is 0 Å². The molecule has 2 atom stereocenters. The minimum absolute atomic E-state index is 0.136. The van der Waals surface area contributed by atoms with Gasteiger partial charge in [-0.3, -0.25) is 0 Å². The smallest absolute Gasteiger partial charge is 0.135 e. The fraction of sp³-hybridized carbons (Fsp3) is 0.500. The van der Waals surface area contributed by atoms with E-state index in [0.717, 1.165) is 39.6 Å². The summed E-state index contributed by atoms with van der Waals surface area (Å²) in [4.78, 5) is 0. The molecule has 0 spiro atoms. The van der Waals surface area contributed by atoms with Crippen molar-refractivity contribution in [2.24, 2.45) is 0 Å². The van der Waals surface area contributed by atoms with Crippen molar-refractivity contribution in [2.45, 2.75) is 31.4 Å². The molecular formula is C12H15Br2NO2. The predicted octanol–water partition coefficient (Wildman–Crippen LogP) is 3.55. The van der Waals surface area contributed by atoms with Crippen LogP contribution in [0.2, 0.25) is 0 Å². The second kappa shape index (κ2) is 5.59. The molecule has 0 aliphatic heterocycles. The third-order valence-corrected chi connectivity index (χ3v) is 4.34. The number of anilines is 1. The summed E-state index contributed by atoms with van der Waals surface area (Å²) >= 11 is 6.94. The van der Waals surface area contributed by atoms with Gasteiger partial charge in [-0.1, -0.05) is 0 Å². The first-order valence-electron chi connectivity index (χ1n) is 5.59. The van der Waals surface area contributed by atoms with Crippen molar-refractivity contribution in [2.75, 3.05) is 12.4 Å². The number of aliphatic hydroxyl groups excluding tert-OH is 1. The Labute approximate surface area is 118 Å². The van der Waals surface area contributed by atoms with E-state index in [-0.39, 0.29) is 12.1 Å². The van der Waals surface area contributed by atoms with Crippen LogP contribution in [-0.4, -0.2) is 24.4 Å². The molecular weight excluding hydrogens is 350 g/mol. The van der Waals surface area contributed by atoms with Gasteiger partial charge in [-0.15, -0.1) is 0 Å². The summed E-state index contributed by atoms with van der Waals surface area (Å²) < 4.78 is 7.13. The van der Waals surface area contributed by atoms with Crippen molar-refractivity contribution in [3.63, 3.8) is 0 Å². The number of nitrogens with one attached hydrogen (secondary N) is 1. The summed E-state index contributed by atoms with van der Waals surface area (Å²) in [5.74, 6) is 0.781. The Kier molecular flexibility index (Phi) is 4.33. The molecule has 2 N–H and O–H groups in total. The van der Waals surface area contributed by atoms with E-state index in [0.29, 0.717) is 0 Å². The molecule has 3 nitrogen and oxygen atoms in total. The second-order valence-electron chi connectivity index (χ2n) is 4.22. The van der Waals surface area contributed by atoms with Gasteiger partial charge in [0.1, 0.15) is 5.75 Å². The Hall–Kier alpha value is -0.260. The van der Waals surface area contributed by atoms with Crippen LogP contribution < -0.4 is 10.1 Å². The Morgan fingerprint density at radius 3 is 2.65 bits per heavy atom. The normalized spacial score (nSPS) is 23.8. The van der Waals surface area contributed by atoms with E-state index in [1.165, 1.54) is 0 Å². The van der Waals surface area contributed by atoms with Gasteiger partial charge in [0.2, 0.25) is 0 Å². The topological polar surface area (TPSA) is 41.5 Å². The molecule has 1 aromatic rings. The number of methoxy groups -OCH3 is 1. The molecule has 0 amide bonds. The molecule has 0 bridgehead atoms. The number of hydrogen-bond acceptors (Lipinski definition) is 3. The van der Waals surface area contributed by atoms with E-state index in [4.69, 9.17) is 4.74 Å². The standard InChI is InChI=1S/C12H15Br2NO2/c1-17-12-6-10(7(13)5-8(12)14)15-9-3-2-4-11(9)16/h5-6,9,11,15-16H,2-4H2,1H3/t9-,11-/m1/s1. The molecule has 1 aromatic carbocycles. The second-order valence-corrected chi connectivity index (χ2v) is 5.92. The fourth-order valence-electron chi connectivity index (χ4n) is 2.10. The van der Waals surface area contributed by atoms with E-state index in [1.807, 2.05) is 12.1 Å². The van der Waals surface area contributed by atoms with Crippen LogP contribution in [0, 0.1) is 0 Å². The first-order valence-corrected chi connectivity index (χ1v) is 7.18. The Morgan fingerprint density at radius 2 is 2.06 bits per heavy atom. The third kappa shape index (κ3) is 2.95. The van der Waals surface area contributed by atoms with Gasteiger partial charge in [0.25, 0.3) is 0 Å². The van der Waals surface area contributed by atoms with Crippen LogP contribution in [0.1, 0.15) is 19.3 Å². The lowest BCUT2D eigenvalue weighted by Crippen LogP contribution is -2.28. The highest BCUT2D eigenvalue weighted by molar-refractivity contribution is 9.11. The van der Waals surface area contributed by atoms with E-state index in [1.54, 1.807) is 7.11 Å². The average molecular weight is 365 g/mol. The lowest BCUT2D eigenvalue weighted by molar-refractivity contribution is 0.172. The van der Waals surface area contributed by atoms with E-state index < -0.39 is 0 Å². The molecule has 17 heavy (non-hydrogen) atoms. The lowest BCUT2D eigenvalue weighted by Gasteiger charge is -2.19. The SMILES string of the molecule is COc1cc(N[C@@H]2CCC[C@H]2O)c(Br)cc1Br. The highest BCUT2D eigenvalue weighted by atomic mass is 79.9. The summed E-state index contributed by atoms with van der Waals surface area (Å²) in [6.07, 6.45) is 2.70. The number of halogens is 2. The quantitative estimate of drug-likeness (QED) is 0.861. The minimum Gasteiger partial charge on any atom is -0.495 e. The highest BCUT2D eigenvalue weighted by Crippen LogP contribution is 2.36. The van der Waals surface area contributed by atoms with Crippen molar-refractivity contribution in [3.8, 4) is 5.75 Å². The largest absolute Gasteiger partial charge is 0.495 e.